The molecule has 0 aliphatic carbocycles. The Hall–Kier alpha value is 0.860. The predicted octanol–water partition coefficient (Wildman–Crippen LogP) is 19.2. The molecular formula is C50H106P2+2. The van der Waals surface area contributed by atoms with Gasteiger partial charge in [0.2, 0.25) is 0 Å². The Bertz CT molecular complexity index is 521. The van der Waals surface area contributed by atoms with Gasteiger partial charge in [0.15, 0.2) is 0 Å². The van der Waals surface area contributed by atoms with Gasteiger partial charge in [-0.15, -0.1) is 0 Å². The number of hydrogen-bond acceptors (Lipinski definition) is 0. The summed E-state index contributed by atoms with van der Waals surface area (Å²) >= 11 is 0. The third kappa shape index (κ3) is 33.0. The van der Waals surface area contributed by atoms with E-state index in [2.05, 4.69) is 41.5 Å². The molecule has 0 bridgehead atoms. The highest BCUT2D eigenvalue weighted by atomic mass is 31.2. The Morgan fingerprint density at radius 2 is 0.288 bits per heavy atom. The summed E-state index contributed by atoms with van der Waals surface area (Å²) in [6, 6.07) is 0. The van der Waals surface area contributed by atoms with Gasteiger partial charge in [-0.05, 0) is 77.0 Å². The molecule has 0 aliphatic rings. The van der Waals surface area contributed by atoms with Crippen molar-refractivity contribution >= 4 is 14.5 Å². The molecule has 0 aromatic rings. The molecule has 0 fully saturated rings. The molecule has 0 spiro atoms. The molecule has 314 valence electrons. The minimum atomic E-state index is -0.893. The predicted molar refractivity (Wildman–Crippen MR) is 253 cm³/mol. The van der Waals surface area contributed by atoms with Crippen LogP contribution >= 0.6 is 14.5 Å². The third-order valence-corrected chi connectivity index (χ3v) is 23.3. The summed E-state index contributed by atoms with van der Waals surface area (Å²) in [6.45, 7) is 14.3. The first-order valence-electron chi connectivity index (χ1n) is 25.3. The molecule has 0 aromatic carbocycles. The van der Waals surface area contributed by atoms with Gasteiger partial charge in [0, 0.05) is 14.5 Å². The summed E-state index contributed by atoms with van der Waals surface area (Å²) in [5.74, 6) is 0. The smallest absolute Gasteiger partial charge is 0.0654 e. The van der Waals surface area contributed by atoms with Crippen LogP contribution in [0.1, 0.15) is 273 Å². The van der Waals surface area contributed by atoms with Gasteiger partial charge in [0.1, 0.15) is 0 Å². The van der Waals surface area contributed by atoms with Gasteiger partial charge in [0.25, 0.3) is 0 Å². The van der Waals surface area contributed by atoms with Crippen LogP contribution < -0.4 is 0 Å². The van der Waals surface area contributed by atoms with Crippen LogP contribution in [-0.4, -0.2) is 49.3 Å². The van der Waals surface area contributed by atoms with Gasteiger partial charge in [-0.3, -0.25) is 0 Å². The van der Waals surface area contributed by atoms with Crippen LogP contribution in [0.15, 0.2) is 0 Å². The van der Waals surface area contributed by atoms with Crippen molar-refractivity contribution in [2.75, 3.05) is 49.3 Å². The van der Waals surface area contributed by atoms with Crippen LogP contribution in [-0.2, 0) is 0 Å². The first-order valence-corrected chi connectivity index (χ1v) is 30.3. The normalized spacial score (nSPS) is 12.3. The lowest BCUT2D eigenvalue weighted by Crippen LogP contribution is -2.21. The van der Waals surface area contributed by atoms with E-state index in [9.17, 15) is 0 Å². The molecule has 0 rings (SSSR count). The van der Waals surface area contributed by atoms with Gasteiger partial charge in [-0.25, -0.2) is 0 Å². The summed E-state index contributed by atoms with van der Waals surface area (Å²) in [4.78, 5) is 0. The zero-order valence-electron chi connectivity index (χ0n) is 38.0. The van der Waals surface area contributed by atoms with Gasteiger partial charge in [-0.2, -0.15) is 0 Å². The average molecular weight is 769 g/mol. The Labute approximate surface area is 335 Å². The third-order valence-electron chi connectivity index (χ3n) is 13.0. The number of hydrogen-bond donors (Lipinski definition) is 0. The molecule has 0 heterocycles. The standard InChI is InChI=1S/C50H106P2/c1-7-13-19-25-31-37-43-51(44-38-32-26-20-14-8-2,45-39-33-27-21-15-9-3)49-50-52(46-40-34-28-22-16-10-4,47-41-35-29-23-17-11-5)48-42-36-30-24-18-12-6/h7-50H2,1-6H3/q+2. The molecule has 0 N–H and O–H groups in total. The van der Waals surface area contributed by atoms with Crippen LogP contribution in [0.5, 0.6) is 0 Å². The highest BCUT2D eigenvalue weighted by Crippen LogP contribution is 2.68. The van der Waals surface area contributed by atoms with E-state index in [1.165, 1.54) is 193 Å². The average Bonchev–Trinajstić information content (AvgIpc) is 3.15. The Balaban J connectivity index is 6.17. The molecule has 2 heteroatoms. The summed E-state index contributed by atoms with van der Waals surface area (Å²) < 4.78 is 0. The fourth-order valence-electron chi connectivity index (χ4n) is 9.13. The second-order valence-electron chi connectivity index (χ2n) is 18.1. The van der Waals surface area contributed by atoms with E-state index in [-0.39, 0.29) is 0 Å². The summed E-state index contributed by atoms with van der Waals surface area (Å²) in [6.07, 6.45) is 67.1. The van der Waals surface area contributed by atoms with Crippen molar-refractivity contribution in [3.8, 4) is 0 Å². The second-order valence-corrected chi connectivity index (χ2v) is 27.0. The Kier molecular flexibility index (Phi) is 42.2. The van der Waals surface area contributed by atoms with Crippen molar-refractivity contribution in [2.45, 2.75) is 273 Å². The molecule has 52 heavy (non-hydrogen) atoms. The van der Waals surface area contributed by atoms with Crippen molar-refractivity contribution in [2.24, 2.45) is 0 Å². The SMILES string of the molecule is CCCCCCCC[P+](CCCCCCCC)(CCCCCCCC)CC[P+](CCCCCCCC)(CCCCCCCC)CCCCCCCC. The zero-order valence-corrected chi connectivity index (χ0v) is 39.8. The van der Waals surface area contributed by atoms with E-state index < -0.39 is 14.5 Å². The van der Waals surface area contributed by atoms with Gasteiger partial charge < -0.3 is 0 Å². The maximum Gasteiger partial charge on any atom is 0.0929 e. The quantitative estimate of drug-likeness (QED) is 0.0427. The molecule has 0 nitrogen and oxygen atoms in total. The first kappa shape index (κ1) is 52.9. The summed E-state index contributed by atoms with van der Waals surface area (Å²) in [7, 11) is -1.79. The topological polar surface area (TPSA) is 0 Å². The van der Waals surface area contributed by atoms with Gasteiger partial charge in [0.05, 0.1) is 49.3 Å². The lowest BCUT2D eigenvalue weighted by atomic mass is 10.1. The van der Waals surface area contributed by atoms with Crippen LogP contribution in [0.4, 0.5) is 0 Å². The van der Waals surface area contributed by atoms with Gasteiger partial charge >= 0.3 is 0 Å². The van der Waals surface area contributed by atoms with E-state index in [4.69, 9.17) is 0 Å². The monoisotopic (exact) mass is 769 g/mol. The van der Waals surface area contributed by atoms with Crippen molar-refractivity contribution in [1.82, 2.24) is 0 Å². The van der Waals surface area contributed by atoms with Crippen molar-refractivity contribution in [3.05, 3.63) is 0 Å². The number of unbranched alkanes of at least 4 members (excludes halogenated alkanes) is 30. The minimum absolute atomic E-state index is 0.893. The lowest BCUT2D eigenvalue weighted by molar-refractivity contribution is 0.614. The molecule has 0 saturated carbocycles. The van der Waals surface area contributed by atoms with Crippen molar-refractivity contribution in [3.63, 3.8) is 0 Å². The van der Waals surface area contributed by atoms with Crippen LogP contribution in [0.2, 0.25) is 0 Å². The van der Waals surface area contributed by atoms with Crippen LogP contribution in [0, 0.1) is 0 Å². The molecule has 0 aromatic heterocycles. The highest BCUT2D eigenvalue weighted by molar-refractivity contribution is 7.79. The molecule has 0 saturated heterocycles. The maximum atomic E-state index is 2.38. The fourth-order valence-corrected chi connectivity index (χ4v) is 20.6. The fraction of sp³-hybridized carbons (Fsp3) is 1.00. The number of rotatable bonds is 45. The van der Waals surface area contributed by atoms with E-state index in [0.29, 0.717) is 0 Å². The van der Waals surface area contributed by atoms with Gasteiger partial charge in [-0.1, -0.05) is 196 Å². The summed E-state index contributed by atoms with van der Waals surface area (Å²) in [5.41, 5.74) is 0. The Morgan fingerprint density at radius 3 is 0.442 bits per heavy atom. The van der Waals surface area contributed by atoms with Crippen LogP contribution in [0.3, 0.4) is 0 Å². The second kappa shape index (κ2) is 41.5. The zero-order chi connectivity index (χ0) is 38.1. The molecular weight excluding hydrogens is 662 g/mol. The summed E-state index contributed by atoms with van der Waals surface area (Å²) in [5, 5.41) is 0. The molecule has 0 aliphatic heterocycles. The van der Waals surface area contributed by atoms with Crippen molar-refractivity contribution in [1.29, 1.82) is 0 Å². The van der Waals surface area contributed by atoms with E-state index >= 15 is 0 Å². The maximum absolute atomic E-state index is 2.38. The molecule has 0 atom stereocenters. The van der Waals surface area contributed by atoms with E-state index in [1.807, 2.05) is 0 Å². The largest absolute Gasteiger partial charge is 0.0929 e. The molecule has 0 radical (unpaired) electrons. The minimum Gasteiger partial charge on any atom is -0.0654 e. The molecule has 0 amide bonds. The highest BCUT2D eigenvalue weighted by Gasteiger charge is 2.43. The van der Waals surface area contributed by atoms with Crippen LogP contribution in [0.25, 0.3) is 0 Å². The first-order chi connectivity index (χ1) is 25.6. The van der Waals surface area contributed by atoms with E-state index in [1.54, 1.807) is 87.8 Å². The Morgan fingerprint density at radius 1 is 0.154 bits per heavy atom. The molecule has 0 unspecified atom stereocenters. The lowest BCUT2D eigenvalue weighted by Gasteiger charge is -2.33. The van der Waals surface area contributed by atoms with Crippen molar-refractivity contribution < 1.29 is 0 Å². The van der Waals surface area contributed by atoms with E-state index in [0.717, 1.165) is 0 Å².